The van der Waals surface area contributed by atoms with Crippen molar-refractivity contribution in [3.63, 3.8) is 0 Å². The Balaban J connectivity index is 1.73. The minimum absolute atomic E-state index is 0.838. The largest absolute Gasteiger partial charge is 0.414 e. The van der Waals surface area contributed by atoms with E-state index in [2.05, 4.69) is 6.92 Å². The Kier molecular flexibility index (Phi) is 9.41. The van der Waals surface area contributed by atoms with Gasteiger partial charge in [0.15, 0.2) is 0 Å². The zero-order valence-corrected chi connectivity index (χ0v) is 11.9. The lowest BCUT2D eigenvalue weighted by molar-refractivity contribution is 0.107. The van der Waals surface area contributed by atoms with E-state index in [9.17, 15) is 0 Å². The second-order valence-corrected chi connectivity index (χ2v) is 5.06. The highest BCUT2D eigenvalue weighted by Gasteiger charge is 1.93. The summed E-state index contributed by atoms with van der Waals surface area (Å²) in [5, 5.41) is 0. The smallest absolute Gasteiger partial charge is 0.115 e. The molecule has 0 N–H and O–H groups in total. The lowest BCUT2D eigenvalue weighted by atomic mass is 10.1. The maximum absolute atomic E-state index is 5.53. The second kappa shape index (κ2) is 11.2. The van der Waals surface area contributed by atoms with Crippen molar-refractivity contribution in [1.82, 2.24) is 4.73 Å². The minimum Gasteiger partial charge on any atom is -0.414 e. The summed E-state index contributed by atoms with van der Waals surface area (Å²) in [6.07, 6.45) is 17.6. The van der Waals surface area contributed by atoms with Gasteiger partial charge in [-0.2, -0.15) is 4.73 Å². The van der Waals surface area contributed by atoms with E-state index >= 15 is 0 Å². The zero-order valence-electron chi connectivity index (χ0n) is 11.9. The first-order chi connectivity index (χ1) is 8.93. The molecular weight excluding hydrogens is 222 g/mol. The summed E-state index contributed by atoms with van der Waals surface area (Å²) < 4.78 is 1.79. The highest BCUT2D eigenvalue weighted by Crippen LogP contribution is 2.10. The molecule has 0 aliphatic rings. The highest BCUT2D eigenvalue weighted by molar-refractivity contribution is 4.87. The van der Waals surface area contributed by atoms with E-state index in [0.29, 0.717) is 0 Å². The van der Waals surface area contributed by atoms with Gasteiger partial charge in [-0.3, -0.25) is 0 Å². The van der Waals surface area contributed by atoms with Crippen molar-refractivity contribution >= 4 is 0 Å². The molecule has 1 aromatic heterocycles. The van der Waals surface area contributed by atoms with E-state index in [1.165, 1.54) is 64.2 Å². The third-order valence-electron chi connectivity index (χ3n) is 3.32. The van der Waals surface area contributed by atoms with Gasteiger partial charge < -0.3 is 4.84 Å². The van der Waals surface area contributed by atoms with E-state index in [0.717, 1.165) is 6.61 Å². The zero-order chi connectivity index (χ0) is 12.9. The Hall–Kier alpha value is -0.920. The average molecular weight is 251 g/mol. The number of rotatable bonds is 12. The molecule has 0 aromatic carbocycles. The summed E-state index contributed by atoms with van der Waals surface area (Å²) in [4.78, 5) is 5.53. The van der Waals surface area contributed by atoms with E-state index < -0.39 is 0 Å². The Morgan fingerprint density at radius 3 is 1.78 bits per heavy atom. The third kappa shape index (κ3) is 8.21. The molecule has 0 unspecified atom stereocenters. The van der Waals surface area contributed by atoms with Crippen LogP contribution in [-0.2, 0) is 0 Å². The van der Waals surface area contributed by atoms with Gasteiger partial charge in [-0.15, -0.1) is 0 Å². The summed E-state index contributed by atoms with van der Waals surface area (Å²) in [5.74, 6) is 0. The van der Waals surface area contributed by atoms with Crippen molar-refractivity contribution in [2.24, 2.45) is 0 Å². The molecule has 2 heteroatoms. The first-order valence-corrected chi connectivity index (χ1v) is 7.69. The van der Waals surface area contributed by atoms with Gasteiger partial charge in [0.25, 0.3) is 0 Å². The number of hydrogen-bond donors (Lipinski definition) is 0. The van der Waals surface area contributed by atoms with Crippen LogP contribution in [0.3, 0.4) is 0 Å². The SMILES string of the molecule is CCCCCCCCCCCCOn1cccc1. The monoisotopic (exact) mass is 251 g/mol. The molecule has 0 atom stereocenters. The number of nitrogens with zero attached hydrogens (tertiary/aromatic N) is 1. The summed E-state index contributed by atoms with van der Waals surface area (Å²) in [6, 6.07) is 3.97. The molecule has 1 rings (SSSR count). The van der Waals surface area contributed by atoms with Crippen molar-refractivity contribution in [2.75, 3.05) is 6.61 Å². The topological polar surface area (TPSA) is 14.2 Å². The van der Waals surface area contributed by atoms with Crippen LogP contribution in [0.5, 0.6) is 0 Å². The van der Waals surface area contributed by atoms with Gasteiger partial charge in [0.2, 0.25) is 0 Å². The molecule has 0 saturated carbocycles. The van der Waals surface area contributed by atoms with Crippen LogP contribution in [0.15, 0.2) is 24.5 Å². The predicted octanol–water partition coefficient (Wildman–Crippen LogP) is 4.84. The van der Waals surface area contributed by atoms with Crippen molar-refractivity contribution in [2.45, 2.75) is 71.1 Å². The Morgan fingerprint density at radius 2 is 1.22 bits per heavy atom. The molecule has 0 saturated heterocycles. The van der Waals surface area contributed by atoms with Crippen molar-refractivity contribution < 1.29 is 4.84 Å². The molecular formula is C16H29NO. The van der Waals surface area contributed by atoms with Gasteiger partial charge in [-0.25, -0.2) is 0 Å². The first-order valence-electron chi connectivity index (χ1n) is 7.69. The number of hydrogen-bond acceptors (Lipinski definition) is 1. The van der Waals surface area contributed by atoms with Gasteiger partial charge in [-0.1, -0.05) is 58.3 Å². The van der Waals surface area contributed by atoms with Crippen LogP contribution < -0.4 is 4.84 Å². The normalized spacial score (nSPS) is 10.7. The molecule has 1 heterocycles. The summed E-state index contributed by atoms with van der Waals surface area (Å²) in [5.41, 5.74) is 0. The Bertz CT molecular complexity index is 256. The molecule has 0 radical (unpaired) electrons. The van der Waals surface area contributed by atoms with Gasteiger partial charge in [0, 0.05) is 12.4 Å². The predicted molar refractivity (Wildman–Crippen MR) is 77.7 cm³/mol. The van der Waals surface area contributed by atoms with E-state index in [1.807, 2.05) is 24.5 Å². The van der Waals surface area contributed by atoms with Gasteiger partial charge in [-0.05, 0) is 25.0 Å². The van der Waals surface area contributed by atoms with Crippen LogP contribution in [0.25, 0.3) is 0 Å². The molecule has 0 spiro atoms. The summed E-state index contributed by atoms with van der Waals surface area (Å²) in [6.45, 7) is 3.11. The van der Waals surface area contributed by atoms with Gasteiger partial charge in [0.05, 0.1) is 0 Å². The molecule has 0 aliphatic heterocycles. The fraction of sp³-hybridized carbons (Fsp3) is 0.750. The van der Waals surface area contributed by atoms with E-state index in [1.54, 1.807) is 4.73 Å². The molecule has 18 heavy (non-hydrogen) atoms. The van der Waals surface area contributed by atoms with Crippen LogP contribution in [0.1, 0.15) is 71.1 Å². The second-order valence-electron chi connectivity index (χ2n) is 5.06. The first kappa shape index (κ1) is 15.1. The van der Waals surface area contributed by atoms with Crippen LogP contribution in [0.2, 0.25) is 0 Å². The quantitative estimate of drug-likeness (QED) is 0.485. The minimum atomic E-state index is 0.838. The molecule has 0 bridgehead atoms. The van der Waals surface area contributed by atoms with Gasteiger partial charge >= 0.3 is 0 Å². The van der Waals surface area contributed by atoms with Crippen LogP contribution in [0, 0.1) is 0 Å². The van der Waals surface area contributed by atoms with Crippen LogP contribution >= 0.6 is 0 Å². The maximum Gasteiger partial charge on any atom is 0.115 e. The maximum atomic E-state index is 5.53. The summed E-state index contributed by atoms with van der Waals surface area (Å²) >= 11 is 0. The molecule has 0 amide bonds. The fourth-order valence-corrected chi connectivity index (χ4v) is 2.16. The third-order valence-corrected chi connectivity index (χ3v) is 3.32. The van der Waals surface area contributed by atoms with Crippen molar-refractivity contribution in [1.29, 1.82) is 0 Å². The lowest BCUT2D eigenvalue weighted by Gasteiger charge is -2.06. The van der Waals surface area contributed by atoms with Crippen molar-refractivity contribution in [3.05, 3.63) is 24.5 Å². The Morgan fingerprint density at radius 1 is 0.722 bits per heavy atom. The average Bonchev–Trinajstić information content (AvgIpc) is 2.89. The molecule has 1 aromatic rings. The lowest BCUT2D eigenvalue weighted by Crippen LogP contribution is -2.10. The van der Waals surface area contributed by atoms with Gasteiger partial charge in [0.1, 0.15) is 6.61 Å². The van der Waals surface area contributed by atoms with Crippen LogP contribution in [-0.4, -0.2) is 11.3 Å². The van der Waals surface area contributed by atoms with E-state index in [-0.39, 0.29) is 0 Å². The Labute approximate surface area is 112 Å². The number of aromatic nitrogens is 1. The van der Waals surface area contributed by atoms with Crippen LogP contribution in [0.4, 0.5) is 0 Å². The standard InChI is InChI=1S/C16H29NO/c1-2-3-4-5-6-7-8-9-10-13-16-18-17-14-11-12-15-17/h11-12,14-15H,2-10,13,16H2,1H3. The van der Waals surface area contributed by atoms with Crippen molar-refractivity contribution in [3.8, 4) is 0 Å². The molecule has 104 valence electrons. The molecule has 0 aliphatic carbocycles. The molecule has 2 nitrogen and oxygen atoms in total. The molecule has 0 fully saturated rings. The number of unbranched alkanes of at least 4 members (excludes halogenated alkanes) is 9. The fourth-order valence-electron chi connectivity index (χ4n) is 2.16. The van der Waals surface area contributed by atoms with E-state index in [4.69, 9.17) is 4.84 Å². The summed E-state index contributed by atoms with van der Waals surface area (Å²) in [7, 11) is 0. The highest BCUT2D eigenvalue weighted by atomic mass is 16.7.